The quantitative estimate of drug-likeness (QED) is 0.575. The summed E-state index contributed by atoms with van der Waals surface area (Å²) >= 11 is 0. The molecule has 1 rings (SSSR count). The first-order valence-electron chi connectivity index (χ1n) is 4.02. The third-order valence-electron chi connectivity index (χ3n) is 1.67. The van der Waals surface area contributed by atoms with Gasteiger partial charge in [0, 0.05) is 6.20 Å². The van der Waals surface area contributed by atoms with Crippen LogP contribution in [0.25, 0.3) is 0 Å². The minimum Gasteiger partial charge on any atom is -0.465 e. The fraction of sp³-hybridized carbons (Fsp3) is 0.222. The Hall–Kier alpha value is -1.92. The molecule has 0 aromatic carbocycles. The number of Topliss-reactive ketones (excluding diaryl/α,β-unsaturated/α-hetero) is 1. The van der Waals surface area contributed by atoms with E-state index in [9.17, 15) is 22.8 Å². The molecule has 0 atom stereocenters. The number of ether oxygens (including phenoxy) is 1. The van der Waals surface area contributed by atoms with E-state index in [1.807, 2.05) is 0 Å². The van der Waals surface area contributed by atoms with Crippen LogP contribution in [0.5, 0.6) is 0 Å². The summed E-state index contributed by atoms with van der Waals surface area (Å²) in [4.78, 5) is 24.9. The molecule has 0 amide bonds. The first-order chi connectivity index (χ1) is 7.36. The molecule has 4 nitrogen and oxygen atoms in total. The number of carbonyl (C=O) groups excluding carboxylic acids is 2. The van der Waals surface area contributed by atoms with Crippen molar-refractivity contribution in [2.24, 2.45) is 0 Å². The van der Waals surface area contributed by atoms with Gasteiger partial charge in [0.05, 0.1) is 12.7 Å². The average Bonchev–Trinajstić information content (AvgIpc) is 2.26. The Morgan fingerprint density at radius 3 is 2.31 bits per heavy atom. The molecule has 0 aliphatic heterocycles. The first kappa shape index (κ1) is 12.2. The Morgan fingerprint density at radius 1 is 1.31 bits per heavy atom. The lowest BCUT2D eigenvalue weighted by molar-refractivity contribution is -0.0888. The summed E-state index contributed by atoms with van der Waals surface area (Å²) < 4.78 is 40.3. The van der Waals surface area contributed by atoms with Gasteiger partial charge in [-0.05, 0) is 12.1 Å². The van der Waals surface area contributed by atoms with Crippen molar-refractivity contribution in [3.63, 3.8) is 0 Å². The number of halogens is 3. The van der Waals surface area contributed by atoms with Gasteiger partial charge in [-0.15, -0.1) is 0 Å². The lowest BCUT2D eigenvalue weighted by atomic mass is 10.2. The van der Waals surface area contributed by atoms with Crippen molar-refractivity contribution < 1.29 is 27.5 Å². The van der Waals surface area contributed by atoms with Gasteiger partial charge in [0.1, 0.15) is 5.69 Å². The highest BCUT2D eigenvalue weighted by Gasteiger charge is 2.40. The van der Waals surface area contributed by atoms with E-state index in [0.717, 1.165) is 25.4 Å². The summed E-state index contributed by atoms with van der Waals surface area (Å²) in [5.74, 6) is -2.79. The predicted octanol–water partition coefficient (Wildman–Crippen LogP) is 1.61. The maximum absolute atomic E-state index is 12.0. The summed E-state index contributed by atoms with van der Waals surface area (Å²) in [6.07, 6.45) is -4.12. The number of hydrogen-bond acceptors (Lipinski definition) is 4. The number of aromatic nitrogens is 1. The van der Waals surface area contributed by atoms with E-state index in [-0.39, 0.29) is 5.56 Å². The normalized spacial score (nSPS) is 11.0. The van der Waals surface area contributed by atoms with Gasteiger partial charge in [-0.25, -0.2) is 4.79 Å². The van der Waals surface area contributed by atoms with Gasteiger partial charge in [0.15, 0.2) is 0 Å². The highest BCUT2D eigenvalue weighted by molar-refractivity contribution is 5.99. The Kier molecular flexibility index (Phi) is 3.26. The molecular weight excluding hydrogens is 227 g/mol. The van der Waals surface area contributed by atoms with E-state index < -0.39 is 23.6 Å². The van der Waals surface area contributed by atoms with E-state index in [1.54, 1.807) is 0 Å². The maximum atomic E-state index is 12.0. The number of esters is 1. The van der Waals surface area contributed by atoms with Crippen molar-refractivity contribution in [1.82, 2.24) is 4.98 Å². The zero-order valence-electron chi connectivity index (χ0n) is 8.04. The molecule has 0 radical (unpaired) electrons. The van der Waals surface area contributed by atoms with Crippen LogP contribution >= 0.6 is 0 Å². The fourth-order valence-electron chi connectivity index (χ4n) is 0.912. The Morgan fingerprint density at radius 2 is 1.94 bits per heavy atom. The van der Waals surface area contributed by atoms with E-state index in [1.165, 1.54) is 0 Å². The summed E-state index contributed by atoms with van der Waals surface area (Å²) in [5.41, 5.74) is -0.790. The summed E-state index contributed by atoms with van der Waals surface area (Å²) in [5, 5.41) is 0. The Labute approximate surface area is 88.0 Å². The molecule has 86 valence electrons. The van der Waals surface area contributed by atoms with Crippen LogP contribution in [0, 0.1) is 0 Å². The summed E-state index contributed by atoms with van der Waals surface area (Å²) in [7, 11) is 1.12. The number of nitrogens with zero attached hydrogens (tertiary/aromatic N) is 1. The highest BCUT2D eigenvalue weighted by Crippen LogP contribution is 2.20. The van der Waals surface area contributed by atoms with Crippen molar-refractivity contribution in [3.05, 3.63) is 29.6 Å². The van der Waals surface area contributed by atoms with Gasteiger partial charge in [0.25, 0.3) is 5.78 Å². The Balaban J connectivity index is 2.96. The van der Waals surface area contributed by atoms with E-state index in [0.29, 0.717) is 0 Å². The molecule has 16 heavy (non-hydrogen) atoms. The molecule has 0 aliphatic rings. The summed E-state index contributed by atoms with van der Waals surface area (Å²) in [6.45, 7) is 0. The lowest BCUT2D eigenvalue weighted by Crippen LogP contribution is -2.23. The van der Waals surface area contributed by atoms with Gasteiger partial charge in [-0.2, -0.15) is 13.2 Å². The number of pyridine rings is 1. The standard InChI is InChI=1S/C9H6F3NO3/c1-16-8(15)5-2-3-6(13-4-5)7(14)9(10,11)12/h2-4H,1H3. The van der Waals surface area contributed by atoms with Crippen LogP contribution in [0.15, 0.2) is 18.3 Å². The van der Waals surface area contributed by atoms with Crippen LogP contribution in [0.3, 0.4) is 0 Å². The molecule has 0 spiro atoms. The molecule has 0 unspecified atom stereocenters. The second-order valence-electron chi connectivity index (χ2n) is 2.75. The van der Waals surface area contributed by atoms with Crippen molar-refractivity contribution >= 4 is 11.8 Å². The molecule has 0 saturated heterocycles. The molecule has 1 heterocycles. The molecular formula is C9H6F3NO3. The number of carbonyl (C=O) groups is 2. The van der Waals surface area contributed by atoms with Gasteiger partial charge < -0.3 is 4.74 Å². The van der Waals surface area contributed by atoms with Crippen molar-refractivity contribution in [2.75, 3.05) is 7.11 Å². The first-order valence-corrected chi connectivity index (χ1v) is 4.02. The second kappa shape index (κ2) is 4.30. The number of alkyl halides is 3. The van der Waals surface area contributed by atoms with Gasteiger partial charge in [0.2, 0.25) is 0 Å². The van der Waals surface area contributed by atoms with Crippen LogP contribution in [0.2, 0.25) is 0 Å². The van der Waals surface area contributed by atoms with Gasteiger partial charge in [-0.1, -0.05) is 0 Å². The molecule has 0 saturated carbocycles. The maximum Gasteiger partial charge on any atom is 0.456 e. The monoisotopic (exact) mass is 233 g/mol. The smallest absolute Gasteiger partial charge is 0.456 e. The topological polar surface area (TPSA) is 56.3 Å². The van der Waals surface area contributed by atoms with Gasteiger partial charge in [-0.3, -0.25) is 9.78 Å². The third-order valence-corrected chi connectivity index (χ3v) is 1.67. The van der Waals surface area contributed by atoms with Crippen molar-refractivity contribution in [3.8, 4) is 0 Å². The fourth-order valence-corrected chi connectivity index (χ4v) is 0.912. The van der Waals surface area contributed by atoms with Crippen LogP contribution in [-0.2, 0) is 4.74 Å². The molecule has 1 aromatic rings. The van der Waals surface area contributed by atoms with E-state index >= 15 is 0 Å². The molecule has 0 N–H and O–H groups in total. The number of methoxy groups -OCH3 is 1. The average molecular weight is 233 g/mol. The predicted molar refractivity (Wildman–Crippen MR) is 46.0 cm³/mol. The third kappa shape index (κ3) is 2.56. The lowest BCUT2D eigenvalue weighted by Gasteiger charge is -2.04. The minimum atomic E-state index is -4.97. The van der Waals surface area contributed by atoms with Crippen LogP contribution in [0.4, 0.5) is 13.2 Å². The molecule has 0 fully saturated rings. The molecule has 0 bridgehead atoms. The SMILES string of the molecule is COC(=O)c1ccc(C(=O)C(F)(F)F)nc1. The van der Waals surface area contributed by atoms with E-state index in [2.05, 4.69) is 9.72 Å². The second-order valence-corrected chi connectivity index (χ2v) is 2.75. The number of ketones is 1. The van der Waals surface area contributed by atoms with Crippen LogP contribution in [-0.4, -0.2) is 30.0 Å². The van der Waals surface area contributed by atoms with Crippen molar-refractivity contribution in [2.45, 2.75) is 6.18 Å². The molecule has 0 aliphatic carbocycles. The van der Waals surface area contributed by atoms with Crippen LogP contribution in [0.1, 0.15) is 20.8 Å². The molecule has 1 aromatic heterocycles. The molecule has 7 heteroatoms. The highest BCUT2D eigenvalue weighted by atomic mass is 19.4. The Bertz CT molecular complexity index is 411. The summed E-state index contributed by atoms with van der Waals surface area (Å²) in [6, 6.07) is 1.86. The number of hydrogen-bond donors (Lipinski definition) is 0. The van der Waals surface area contributed by atoms with Gasteiger partial charge >= 0.3 is 12.1 Å². The zero-order valence-corrected chi connectivity index (χ0v) is 8.04. The van der Waals surface area contributed by atoms with Crippen LogP contribution < -0.4 is 0 Å². The zero-order chi connectivity index (χ0) is 12.3. The van der Waals surface area contributed by atoms with Crippen molar-refractivity contribution in [1.29, 1.82) is 0 Å². The number of rotatable bonds is 2. The largest absolute Gasteiger partial charge is 0.465 e. The van der Waals surface area contributed by atoms with E-state index in [4.69, 9.17) is 0 Å². The minimum absolute atomic E-state index is 0.0266.